The van der Waals surface area contributed by atoms with E-state index in [1.165, 1.54) is 12.1 Å². The maximum Gasteiger partial charge on any atom is 0.238 e. The summed E-state index contributed by atoms with van der Waals surface area (Å²) in [6.45, 7) is 0.997. The Hall–Kier alpha value is -3.52. The summed E-state index contributed by atoms with van der Waals surface area (Å²) < 4.78 is 18.5. The van der Waals surface area contributed by atoms with Crippen molar-refractivity contribution in [2.75, 3.05) is 31.2 Å². The van der Waals surface area contributed by atoms with Crippen LogP contribution in [0.25, 0.3) is 11.1 Å². The van der Waals surface area contributed by atoms with Crippen molar-refractivity contribution in [3.05, 3.63) is 66.2 Å². The molecule has 1 aliphatic rings. The first-order valence-electron chi connectivity index (χ1n) is 10.1. The molecule has 3 aromatic rings. The van der Waals surface area contributed by atoms with Gasteiger partial charge in [0.05, 0.1) is 25.4 Å². The number of nitrogen functional groups attached to an aromatic ring is 1. The van der Waals surface area contributed by atoms with Crippen LogP contribution in [-0.4, -0.2) is 41.0 Å². The summed E-state index contributed by atoms with van der Waals surface area (Å²) in [6, 6.07) is 13.3. The van der Waals surface area contributed by atoms with Crippen LogP contribution in [0, 0.1) is 5.82 Å². The number of hydrogen-bond donors (Lipinski definition) is 2. The fourth-order valence-electron chi connectivity index (χ4n) is 3.90. The Kier molecular flexibility index (Phi) is 6.08. The Morgan fingerprint density at radius 1 is 1.23 bits per heavy atom. The van der Waals surface area contributed by atoms with Crippen LogP contribution < -0.4 is 15.8 Å². The normalized spacial score (nSPS) is 16.3. The number of anilines is 2. The van der Waals surface area contributed by atoms with Crippen LogP contribution in [0.2, 0.25) is 0 Å². The first kappa shape index (κ1) is 20.7. The number of carbonyl (C=O) groups is 1. The summed E-state index contributed by atoms with van der Waals surface area (Å²) in [5.41, 5.74) is 8.95. The average molecular weight is 421 g/mol. The van der Waals surface area contributed by atoms with E-state index in [0.29, 0.717) is 5.69 Å². The summed E-state index contributed by atoms with van der Waals surface area (Å²) in [5, 5.41) is 2.92. The molecule has 1 amide bonds. The Balaban J connectivity index is 1.53. The van der Waals surface area contributed by atoms with Gasteiger partial charge < -0.3 is 15.8 Å². The predicted octanol–water partition coefficient (Wildman–Crippen LogP) is 3.65. The number of likely N-dealkylation sites (tertiary alicyclic amines) is 1. The van der Waals surface area contributed by atoms with Gasteiger partial charge in [-0.05, 0) is 61.3 Å². The van der Waals surface area contributed by atoms with E-state index in [2.05, 4.69) is 20.2 Å². The summed E-state index contributed by atoms with van der Waals surface area (Å²) in [4.78, 5) is 23.4. The molecule has 160 valence electrons. The van der Waals surface area contributed by atoms with E-state index >= 15 is 0 Å². The molecular weight excluding hydrogens is 397 g/mol. The van der Waals surface area contributed by atoms with Crippen molar-refractivity contribution < 1.29 is 13.9 Å². The standard InChI is InChI=1S/C23H24FN5O2/c1-31-18-10-8-17(9-11-18)27-21(30)14-29-12-2-3-20(29)22-19(13-26-23(25)28-22)15-4-6-16(24)7-5-15/h4-11,13,20H,2-3,12,14H2,1H3,(H,27,30)(H2,25,26,28)/t20-/m0/s1. The van der Waals surface area contributed by atoms with Crippen molar-refractivity contribution >= 4 is 17.5 Å². The molecule has 1 saturated heterocycles. The van der Waals surface area contributed by atoms with Gasteiger partial charge in [-0.3, -0.25) is 9.69 Å². The molecule has 7 nitrogen and oxygen atoms in total. The second kappa shape index (κ2) is 9.09. The predicted molar refractivity (Wildman–Crippen MR) is 117 cm³/mol. The van der Waals surface area contributed by atoms with Crippen molar-refractivity contribution in [3.8, 4) is 16.9 Å². The minimum atomic E-state index is -0.306. The Morgan fingerprint density at radius 2 is 1.97 bits per heavy atom. The van der Waals surface area contributed by atoms with Crippen molar-refractivity contribution in [3.63, 3.8) is 0 Å². The van der Waals surface area contributed by atoms with Crippen LogP contribution in [0.15, 0.2) is 54.7 Å². The molecule has 4 rings (SSSR count). The third-order valence-corrected chi connectivity index (χ3v) is 5.39. The van der Waals surface area contributed by atoms with Crippen LogP contribution in [0.5, 0.6) is 5.75 Å². The molecule has 8 heteroatoms. The first-order valence-corrected chi connectivity index (χ1v) is 10.1. The second-order valence-corrected chi connectivity index (χ2v) is 7.44. The quantitative estimate of drug-likeness (QED) is 0.631. The number of rotatable bonds is 6. The van der Waals surface area contributed by atoms with Crippen LogP contribution in [0.3, 0.4) is 0 Å². The van der Waals surface area contributed by atoms with Gasteiger partial charge in [-0.1, -0.05) is 12.1 Å². The van der Waals surface area contributed by atoms with E-state index in [9.17, 15) is 9.18 Å². The van der Waals surface area contributed by atoms with E-state index in [1.54, 1.807) is 49.7 Å². The molecule has 1 aliphatic heterocycles. The van der Waals surface area contributed by atoms with E-state index in [-0.39, 0.29) is 30.3 Å². The number of nitrogens with one attached hydrogen (secondary N) is 1. The number of nitrogens with two attached hydrogens (primary N) is 1. The van der Waals surface area contributed by atoms with E-state index in [1.807, 2.05) is 0 Å². The highest BCUT2D eigenvalue weighted by atomic mass is 19.1. The van der Waals surface area contributed by atoms with Gasteiger partial charge in [-0.15, -0.1) is 0 Å². The number of amides is 1. The lowest BCUT2D eigenvalue weighted by atomic mass is 10.00. The van der Waals surface area contributed by atoms with Crippen LogP contribution in [0.4, 0.5) is 16.0 Å². The highest BCUT2D eigenvalue weighted by Gasteiger charge is 2.31. The molecule has 1 aromatic heterocycles. The minimum Gasteiger partial charge on any atom is -0.497 e. The van der Waals surface area contributed by atoms with E-state index in [4.69, 9.17) is 10.5 Å². The van der Waals surface area contributed by atoms with E-state index in [0.717, 1.165) is 42.0 Å². The Morgan fingerprint density at radius 3 is 2.68 bits per heavy atom. The zero-order valence-corrected chi connectivity index (χ0v) is 17.2. The van der Waals surface area contributed by atoms with Crippen LogP contribution in [0.1, 0.15) is 24.6 Å². The average Bonchev–Trinajstić information content (AvgIpc) is 3.22. The van der Waals surface area contributed by atoms with Gasteiger partial charge in [0.1, 0.15) is 11.6 Å². The number of benzene rings is 2. The smallest absolute Gasteiger partial charge is 0.238 e. The molecular formula is C23H24FN5O2. The monoisotopic (exact) mass is 421 g/mol. The highest BCUT2D eigenvalue weighted by molar-refractivity contribution is 5.92. The molecule has 0 saturated carbocycles. The molecule has 3 N–H and O–H groups in total. The lowest BCUT2D eigenvalue weighted by Gasteiger charge is -2.25. The number of carbonyl (C=O) groups excluding carboxylic acids is 1. The SMILES string of the molecule is COc1ccc(NC(=O)CN2CCC[C@H]2c2nc(N)ncc2-c2ccc(F)cc2)cc1. The van der Waals surface area contributed by atoms with Gasteiger partial charge in [0.25, 0.3) is 0 Å². The van der Waals surface area contributed by atoms with Gasteiger partial charge in [-0.25, -0.2) is 14.4 Å². The number of nitrogens with zero attached hydrogens (tertiary/aromatic N) is 3. The lowest BCUT2D eigenvalue weighted by Crippen LogP contribution is -2.33. The minimum absolute atomic E-state index is 0.0769. The summed E-state index contributed by atoms with van der Waals surface area (Å²) >= 11 is 0. The maximum absolute atomic E-state index is 13.4. The molecule has 1 atom stereocenters. The molecule has 31 heavy (non-hydrogen) atoms. The molecule has 0 bridgehead atoms. The highest BCUT2D eigenvalue weighted by Crippen LogP contribution is 2.36. The number of hydrogen-bond acceptors (Lipinski definition) is 6. The topological polar surface area (TPSA) is 93.4 Å². The molecule has 2 aromatic carbocycles. The van der Waals surface area contributed by atoms with Crippen molar-refractivity contribution in [2.45, 2.75) is 18.9 Å². The summed E-state index contributed by atoms with van der Waals surface area (Å²) in [5.74, 6) is 0.490. The van der Waals surface area contributed by atoms with Crippen molar-refractivity contribution in [1.82, 2.24) is 14.9 Å². The zero-order chi connectivity index (χ0) is 21.8. The number of ether oxygens (including phenoxy) is 1. The van der Waals surface area contributed by atoms with Crippen LogP contribution >= 0.6 is 0 Å². The molecule has 2 heterocycles. The van der Waals surface area contributed by atoms with E-state index < -0.39 is 0 Å². The van der Waals surface area contributed by atoms with Gasteiger partial charge >= 0.3 is 0 Å². The largest absolute Gasteiger partial charge is 0.497 e. The molecule has 0 aliphatic carbocycles. The van der Waals surface area contributed by atoms with Crippen molar-refractivity contribution in [2.24, 2.45) is 0 Å². The zero-order valence-electron chi connectivity index (χ0n) is 17.2. The maximum atomic E-state index is 13.4. The fourth-order valence-corrected chi connectivity index (χ4v) is 3.90. The van der Waals surface area contributed by atoms with Gasteiger partial charge in [0.15, 0.2) is 0 Å². The third kappa shape index (κ3) is 4.80. The number of aromatic nitrogens is 2. The number of halogens is 1. The molecule has 0 unspecified atom stereocenters. The first-order chi connectivity index (χ1) is 15.0. The van der Waals surface area contributed by atoms with Gasteiger partial charge in [0, 0.05) is 17.4 Å². The summed E-state index contributed by atoms with van der Waals surface area (Å²) in [6.07, 6.45) is 3.45. The van der Waals surface area contributed by atoms with Crippen LogP contribution in [-0.2, 0) is 4.79 Å². The van der Waals surface area contributed by atoms with Crippen molar-refractivity contribution in [1.29, 1.82) is 0 Å². The van der Waals surface area contributed by atoms with Gasteiger partial charge in [-0.2, -0.15) is 0 Å². The second-order valence-electron chi connectivity index (χ2n) is 7.44. The Labute approximate surface area is 180 Å². The number of methoxy groups -OCH3 is 1. The molecule has 0 spiro atoms. The molecule has 0 radical (unpaired) electrons. The fraction of sp³-hybridized carbons (Fsp3) is 0.261. The molecule has 1 fully saturated rings. The summed E-state index contributed by atoms with van der Waals surface area (Å²) in [7, 11) is 1.60. The Bertz CT molecular complexity index is 1060. The van der Waals surface area contributed by atoms with Gasteiger partial charge in [0.2, 0.25) is 11.9 Å². The lowest BCUT2D eigenvalue weighted by molar-refractivity contribution is -0.117. The third-order valence-electron chi connectivity index (χ3n) is 5.39.